The highest BCUT2D eigenvalue weighted by atomic mass is 16.6. The van der Waals surface area contributed by atoms with E-state index in [2.05, 4.69) is 20.3 Å². The largest absolute Gasteiger partial charge is 0.459 e. The Morgan fingerprint density at radius 3 is 1.85 bits per heavy atom. The van der Waals surface area contributed by atoms with Crippen LogP contribution in [-0.2, 0) is 25.6 Å². The van der Waals surface area contributed by atoms with Gasteiger partial charge >= 0.3 is 11.9 Å². The number of aliphatic hydroxyl groups excluding tert-OH is 1. The molecule has 13 nitrogen and oxygen atoms in total. The Balaban J connectivity index is 1.24. The molecule has 1 saturated heterocycles. The van der Waals surface area contributed by atoms with Crippen molar-refractivity contribution >= 4 is 34.8 Å². The van der Waals surface area contributed by atoms with Crippen LogP contribution in [0.1, 0.15) is 42.9 Å². The number of nitrogens with zero attached hydrogens (tertiary/aromatic N) is 4. The number of benzene rings is 4. The molecule has 0 radical (unpaired) electrons. The number of anilines is 1. The van der Waals surface area contributed by atoms with Crippen LogP contribution in [0.15, 0.2) is 134 Å². The van der Waals surface area contributed by atoms with Gasteiger partial charge in [-0.05, 0) is 42.0 Å². The molecule has 0 aliphatic carbocycles. The first-order chi connectivity index (χ1) is 25.4. The van der Waals surface area contributed by atoms with Crippen molar-refractivity contribution in [3.63, 3.8) is 0 Å². The molecule has 1 aliphatic rings. The molecule has 1 fully saturated rings. The number of ether oxygens (including phenoxy) is 4. The van der Waals surface area contributed by atoms with Crippen LogP contribution < -0.4 is 5.32 Å². The van der Waals surface area contributed by atoms with E-state index in [-0.39, 0.29) is 34.7 Å². The highest BCUT2D eigenvalue weighted by molar-refractivity contribution is 6.06. The lowest BCUT2D eigenvalue weighted by Gasteiger charge is -2.33. The first-order valence-electron chi connectivity index (χ1n) is 16.4. The number of hydrogen-bond acceptors (Lipinski definition) is 11. The second-order valence-electron chi connectivity index (χ2n) is 12.0. The Labute approximate surface area is 297 Å². The summed E-state index contributed by atoms with van der Waals surface area (Å²) in [5.74, 6) is -1.57. The number of hydrogen-bond donors (Lipinski definition) is 2. The van der Waals surface area contributed by atoms with E-state index in [0.717, 1.165) is 5.56 Å². The smallest absolute Gasteiger partial charge is 0.338 e. The number of rotatable bonds is 12. The summed E-state index contributed by atoms with van der Waals surface area (Å²) in [4.78, 5) is 52.5. The maximum absolute atomic E-state index is 13.2. The maximum atomic E-state index is 13.2. The average molecular weight is 700 g/mol. The Morgan fingerprint density at radius 2 is 1.27 bits per heavy atom. The summed E-state index contributed by atoms with van der Waals surface area (Å²) < 4.78 is 26.1. The van der Waals surface area contributed by atoms with Gasteiger partial charge in [0.2, 0.25) is 0 Å². The van der Waals surface area contributed by atoms with Crippen molar-refractivity contribution in [1.29, 1.82) is 0 Å². The van der Waals surface area contributed by atoms with E-state index in [4.69, 9.17) is 18.9 Å². The normalized spacial score (nSPS) is 17.8. The highest BCUT2D eigenvalue weighted by Gasteiger charge is 2.58. The third kappa shape index (κ3) is 7.28. The molecule has 2 N–H and O–H groups in total. The van der Waals surface area contributed by atoms with Crippen LogP contribution in [0.25, 0.3) is 11.2 Å². The summed E-state index contributed by atoms with van der Waals surface area (Å²) in [5, 5.41) is 14.8. The molecule has 1 amide bonds. The Bertz CT molecular complexity index is 2090. The average Bonchev–Trinajstić information content (AvgIpc) is 3.75. The van der Waals surface area contributed by atoms with Crippen molar-refractivity contribution in [2.24, 2.45) is 0 Å². The predicted octanol–water partition coefficient (Wildman–Crippen LogP) is 5.01. The van der Waals surface area contributed by atoms with Crippen LogP contribution in [0.3, 0.4) is 0 Å². The van der Waals surface area contributed by atoms with Gasteiger partial charge in [0.25, 0.3) is 5.91 Å². The lowest BCUT2D eigenvalue weighted by atomic mass is 9.96. The van der Waals surface area contributed by atoms with E-state index in [9.17, 15) is 19.5 Å². The Kier molecular flexibility index (Phi) is 10.1. The number of esters is 2. The quantitative estimate of drug-likeness (QED) is 0.165. The minimum Gasteiger partial charge on any atom is -0.459 e. The van der Waals surface area contributed by atoms with Crippen LogP contribution in [0, 0.1) is 0 Å². The van der Waals surface area contributed by atoms with Gasteiger partial charge in [0, 0.05) is 5.56 Å². The van der Waals surface area contributed by atoms with Crippen molar-refractivity contribution in [1.82, 2.24) is 19.5 Å². The molecule has 262 valence electrons. The third-order valence-electron chi connectivity index (χ3n) is 8.56. The molecular formula is C39H33N5O8. The van der Waals surface area contributed by atoms with Gasteiger partial charge in [-0.15, -0.1) is 0 Å². The van der Waals surface area contributed by atoms with E-state index in [1.165, 1.54) is 17.2 Å². The van der Waals surface area contributed by atoms with Crippen molar-refractivity contribution in [2.75, 3.05) is 18.5 Å². The molecule has 7 rings (SSSR count). The Hall–Kier alpha value is -6.28. The van der Waals surface area contributed by atoms with Gasteiger partial charge in [0.15, 0.2) is 28.8 Å². The second-order valence-corrected chi connectivity index (χ2v) is 12.0. The number of fused-ring (bicyclic) bond motifs is 1. The van der Waals surface area contributed by atoms with E-state index >= 15 is 0 Å². The summed E-state index contributed by atoms with van der Waals surface area (Å²) in [5.41, 5.74) is 0.532. The summed E-state index contributed by atoms with van der Waals surface area (Å²) in [6, 6.07) is 34.7. The standard InChI is InChI=1S/C39H33N5O8/c45-31-32(49-21-26-13-5-1-6-14-26)39(22-50-37(47)28-17-9-3-10-18-28,23-51-38(48)29-19-11-4-12-20-29)52-36(31)44-25-42-30-33(40-24-41-34(30)44)43-35(46)27-15-7-2-8-16-27/h1-20,24-25,31-32,36,45H,21-23H2,(H,40,41,43,46)/t31-,32-,36-/m1/s1. The van der Waals surface area contributed by atoms with E-state index in [1.54, 1.807) is 91.0 Å². The molecule has 3 atom stereocenters. The fraction of sp³-hybridized carbons (Fsp3) is 0.179. The zero-order valence-corrected chi connectivity index (χ0v) is 27.6. The molecule has 52 heavy (non-hydrogen) atoms. The molecule has 2 aromatic heterocycles. The summed E-state index contributed by atoms with van der Waals surface area (Å²) >= 11 is 0. The van der Waals surface area contributed by atoms with Gasteiger partial charge in [-0.3, -0.25) is 9.36 Å². The van der Waals surface area contributed by atoms with Crippen molar-refractivity contribution in [3.05, 3.63) is 156 Å². The number of amides is 1. The van der Waals surface area contributed by atoms with Crippen molar-refractivity contribution in [2.45, 2.75) is 30.6 Å². The fourth-order valence-electron chi connectivity index (χ4n) is 5.93. The first-order valence-corrected chi connectivity index (χ1v) is 16.4. The van der Waals surface area contributed by atoms with Gasteiger partial charge in [-0.2, -0.15) is 0 Å². The van der Waals surface area contributed by atoms with Gasteiger partial charge in [-0.25, -0.2) is 24.5 Å². The summed E-state index contributed by atoms with van der Waals surface area (Å²) in [7, 11) is 0. The Morgan fingerprint density at radius 1 is 0.731 bits per heavy atom. The van der Waals surface area contributed by atoms with Crippen LogP contribution in [0.5, 0.6) is 0 Å². The number of imidazole rings is 1. The number of nitrogens with one attached hydrogen (secondary N) is 1. The fourth-order valence-corrected chi connectivity index (χ4v) is 5.93. The number of carbonyl (C=O) groups is 3. The van der Waals surface area contributed by atoms with E-state index in [0.29, 0.717) is 5.56 Å². The van der Waals surface area contributed by atoms with Crippen molar-refractivity contribution < 1.29 is 38.4 Å². The van der Waals surface area contributed by atoms with Gasteiger partial charge in [-0.1, -0.05) is 84.9 Å². The van der Waals surface area contributed by atoms with Crippen LogP contribution >= 0.6 is 0 Å². The van der Waals surface area contributed by atoms with Crippen LogP contribution in [-0.4, -0.2) is 73.5 Å². The third-order valence-corrected chi connectivity index (χ3v) is 8.56. The predicted molar refractivity (Wildman–Crippen MR) is 187 cm³/mol. The van der Waals surface area contributed by atoms with Crippen molar-refractivity contribution in [3.8, 4) is 0 Å². The minimum absolute atomic E-state index is 0.0438. The molecule has 0 saturated carbocycles. The lowest BCUT2D eigenvalue weighted by molar-refractivity contribution is -0.165. The monoisotopic (exact) mass is 699 g/mol. The maximum Gasteiger partial charge on any atom is 0.338 e. The van der Waals surface area contributed by atoms with Crippen LogP contribution in [0.2, 0.25) is 0 Å². The topological polar surface area (TPSA) is 164 Å². The van der Waals surface area contributed by atoms with Gasteiger partial charge < -0.3 is 29.4 Å². The molecule has 0 spiro atoms. The van der Waals surface area contributed by atoms with Gasteiger partial charge in [0.1, 0.15) is 31.7 Å². The van der Waals surface area contributed by atoms with Gasteiger partial charge in [0.05, 0.1) is 24.1 Å². The number of aromatic nitrogens is 4. The molecule has 1 aliphatic heterocycles. The zero-order chi connectivity index (χ0) is 35.9. The van der Waals surface area contributed by atoms with E-state index in [1.807, 2.05) is 30.3 Å². The van der Waals surface area contributed by atoms with Crippen LogP contribution in [0.4, 0.5) is 5.82 Å². The molecule has 13 heteroatoms. The number of aliphatic hydroxyl groups is 1. The molecule has 4 aromatic carbocycles. The number of carbonyl (C=O) groups excluding carboxylic acids is 3. The molecular weight excluding hydrogens is 666 g/mol. The molecule has 3 heterocycles. The summed E-state index contributed by atoms with van der Waals surface area (Å²) in [6.45, 7) is -0.881. The molecule has 0 bridgehead atoms. The van der Waals surface area contributed by atoms with E-state index < -0.39 is 55.1 Å². The SMILES string of the molecule is O=C(Nc1ncnc2c1ncn2[C@@H]1OC(COC(=O)c2ccccc2)(COC(=O)c2ccccc2)[C@H](OCc2ccccc2)[C@H]1O)c1ccccc1. The molecule has 6 aromatic rings. The highest BCUT2D eigenvalue weighted by Crippen LogP contribution is 2.42. The second kappa shape index (κ2) is 15.3. The first kappa shape index (κ1) is 34.2. The summed E-state index contributed by atoms with van der Waals surface area (Å²) in [6.07, 6.45) is -1.22. The lowest BCUT2D eigenvalue weighted by Crippen LogP contribution is -2.52. The molecule has 0 unspecified atom stereocenters. The zero-order valence-electron chi connectivity index (χ0n) is 27.6. The minimum atomic E-state index is -1.72.